The Morgan fingerprint density at radius 3 is 2.71 bits per heavy atom. The van der Waals surface area contributed by atoms with Gasteiger partial charge in [0.2, 0.25) is 5.91 Å². The summed E-state index contributed by atoms with van der Waals surface area (Å²) in [7, 11) is 3.13. The molecule has 92 valence electrons. The second-order valence-corrected chi connectivity index (χ2v) is 3.44. The summed E-state index contributed by atoms with van der Waals surface area (Å²) < 4.78 is 0. The molecule has 1 aromatic rings. The first-order chi connectivity index (χ1) is 7.95. The largest absolute Gasteiger partial charge is 0.477 e. The van der Waals surface area contributed by atoms with Gasteiger partial charge in [0, 0.05) is 14.1 Å². The first-order valence-corrected chi connectivity index (χ1v) is 4.87. The van der Waals surface area contributed by atoms with Crippen LogP contribution in [0.2, 0.25) is 0 Å². The van der Waals surface area contributed by atoms with Gasteiger partial charge in [-0.2, -0.15) is 0 Å². The molecular weight excluding hydrogens is 224 g/mol. The van der Waals surface area contributed by atoms with Crippen LogP contribution in [-0.4, -0.2) is 42.6 Å². The number of nitrogens with zero attached hydrogens (tertiary/aromatic N) is 2. The zero-order valence-corrected chi connectivity index (χ0v) is 9.60. The van der Waals surface area contributed by atoms with Crippen LogP contribution in [0, 0.1) is 0 Å². The Hall–Kier alpha value is -2.31. The van der Waals surface area contributed by atoms with E-state index in [0.717, 1.165) is 0 Å². The molecule has 17 heavy (non-hydrogen) atoms. The molecule has 0 atom stereocenters. The molecule has 1 rings (SSSR count). The molecule has 0 aromatic carbocycles. The van der Waals surface area contributed by atoms with E-state index in [2.05, 4.69) is 10.3 Å². The van der Waals surface area contributed by atoms with Crippen molar-refractivity contribution in [2.24, 2.45) is 0 Å². The van der Waals surface area contributed by atoms with Gasteiger partial charge in [0.05, 0.1) is 12.2 Å². The van der Waals surface area contributed by atoms with Crippen molar-refractivity contribution in [1.82, 2.24) is 10.3 Å². The van der Waals surface area contributed by atoms with Crippen molar-refractivity contribution in [2.45, 2.75) is 0 Å². The summed E-state index contributed by atoms with van der Waals surface area (Å²) >= 11 is 0. The van der Waals surface area contributed by atoms with Gasteiger partial charge in [0.15, 0.2) is 11.5 Å². The maximum Gasteiger partial charge on any atom is 0.354 e. The highest BCUT2D eigenvalue weighted by Crippen LogP contribution is 2.19. The van der Waals surface area contributed by atoms with Crippen LogP contribution in [0.25, 0.3) is 0 Å². The minimum Gasteiger partial charge on any atom is -0.477 e. The Morgan fingerprint density at radius 2 is 2.18 bits per heavy atom. The summed E-state index contributed by atoms with van der Waals surface area (Å²) in [6.07, 6.45) is 0. The van der Waals surface area contributed by atoms with E-state index >= 15 is 0 Å². The van der Waals surface area contributed by atoms with Crippen molar-refractivity contribution in [3.8, 4) is 0 Å². The number of hydrogen-bond donors (Lipinski definition) is 3. The lowest BCUT2D eigenvalue weighted by molar-refractivity contribution is -0.119. The van der Waals surface area contributed by atoms with Crippen LogP contribution in [-0.2, 0) is 4.79 Å². The molecule has 1 aromatic heterocycles. The smallest absolute Gasteiger partial charge is 0.354 e. The third kappa shape index (κ3) is 3.07. The summed E-state index contributed by atoms with van der Waals surface area (Å²) in [5, 5.41) is 11.3. The fourth-order valence-electron chi connectivity index (χ4n) is 1.25. The molecule has 1 heterocycles. The van der Waals surface area contributed by atoms with Gasteiger partial charge in [-0.05, 0) is 12.1 Å². The third-order valence-electron chi connectivity index (χ3n) is 2.15. The number of carboxylic acids is 1. The Morgan fingerprint density at radius 1 is 1.53 bits per heavy atom. The fraction of sp³-hybridized carbons (Fsp3) is 0.300. The number of anilines is 2. The Balaban J connectivity index is 2.99. The number of aromatic nitrogens is 1. The predicted octanol–water partition coefficient (Wildman–Crippen LogP) is -0.456. The van der Waals surface area contributed by atoms with Crippen LogP contribution in [0.3, 0.4) is 0 Å². The van der Waals surface area contributed by atoms with Crippen molar-refractivity contribution in [3.63, 3.8) is 0 Å². The van der Waals surface area contributed by atoms with Crippen molar-refractivity contribution in [1.29, 1.82) is 0 Å². The highest BCUT2D eigenvalue weighted by Gasteiger charge is 2.13. The first-order valence-electron chi connectivity index (χ1n) is 4.87. The molecule has 0 aliphatic carbocycles. The number of nitrogen functional groups attached to an aromatic ring is 1. The number of nitrogens with two attached hydrogens (primary N) is 1. The van der Waals surface area contributed by atoms with Gasteiger partial charge < -0.3 is 21.1 Å². The zero-order chi connectivity index (χ0) is 13.0. The summed E-state index contributed by atoms with van der Waals surface area (Å²) in [4.78, 5) is 27.3. The van der Waals surface area contributed by atoms with E-state index in [1.807, 2.05) is 0 Å². The topological polar surface area (TPSA) is 109 Å². The highest BCUT2D eigenvalue weighted by atomic mass is 16.4. The molecule has 4 N–H and O–H groups in total. The average Bonchev–Trinajstić information content (AvgIpc) is 2.28. The SMILES string of the molecule is CNC(=O)CN(C)c1nc(C(=O)O)ccc1N. The van der Waals surface area contributed by atoms with Crippen LogP contribution >= 0.6 is 0 Å². The van der Waals surface area contributed by atoms with E-state index in [-0.39, 0.29) is 24.0 Å². The minimum atomic E-state index is -1.14. The Kier molecular flexibility index (Phi) is 3.86. The number of carbonyl (C=O) groups is 2. The highest BCUT2D eigenvalue weighted by molar-refractivity contribution is 5.87. The van der Waals surface area contributed by atoms with Crippen molar-refractivity contribution < 1.29 is 14.7 Å². The molecule has 1 amide bonds. The number of pyridine rings is 1. The number of carboxylic acid groups (broad SMARTS) is 1. The number of hydrogen-bond acceptors (Lipinski definition) is 5. The number of aromatic carboxylic acids is 1. The molecule has 0 saturated heterocycles. The fourth-order valence-corrected chi connectivity index (χ4v) is 1.25. The standard InChI is InChI=1S/C10H14N4O3/c1-12-8(15)5-14(2)9-6(11)3-4-7(13-9)10(16)17/h3-4H,5,11H2,1-2H3,(H,12,15)(H,16,17). The normalized spacial score (nSPS) is 9.76. The van der Waals surface area contributed by atoms with Crippen LogP contribution in [0.4, 0.5) is 11.5 Å². The lowest BCUT2D eigenvalue weighted by atomic mass is 10.3. The third-order valence-corrected chi connectivity index (χ3v) is 2.15. The molecule has 7 heteroatoms. The van der Waals surface area contributed by atoms with E-state index in [4.69, 9.17) is 10.8 Å². The molecule has 0 aliphatic rings. The Bertz CT molecular complexity index is 447. The Labute approximate surface area is 98.2 Å². The van der Waals surface area contributed by atoms with Gasteiger partial charge in [-0.3, -0.25) is 4.79 Å². The molecule has 0 saturated carbocycles. The molecular formula is C10H14N4O3. The molecule has 0 unspecified atom stereocenters. The van der Waals surface area contributed by atoms with E-state index in [1.165, 1.54) is 24.1 Å². The summed E-state index contributed by atoms with van der Waals surface area (Å²) in [6, 6.07) is 2.76. The average molecular weight is 238 g/mol. The van der Waals surface area contributed by atoms with Crippen molar-refractivity contribution in [3.05, 3.63) is 17.8 Å². The lowest BCUT2D eigenvalue weighted by Crippen LogP contribution is -2.34. The van der Waals surface area contributed by atoms with Gasteiger partial charge in [-0.1, -0.05) is 0 Å². The number of carbonyl (C=O) groups excluding carboxylic acids is 1. The summed E-state index contributed by atoms with van der Waals surface area (Å²) in [5.74, 6) is -1.08. The molecule has 0 fully saturated rings. The summed E-state index contributed by atoms with van der Waals surface area (Å²) in [6.45, 7) is 0.0524. The van der Waals surface area contributed by atoms with Crippen LogP contribution < -0.4 is 16.0 Å². The van der Waals surface area contributed by atoms with Crippen LogP contribution in [0.5, 0.6) is 0 Å². The number of rotatable bonds is 4. The number of nitrogens with one attached hydrogen (secondary N) is 1. The van der Waals surface area contributed by atoms with E-state index < -0.39 is 5.97 Å². The quantitative estimate of drug-likeness (QED) is 0.655. The lowest BCUT2D eigenvalue weighted by Gasteiger charge is -2.18. The van der Waals surface area contributed by atoms with Gasteiger partial charge in [-0.15, -0.1) is 0 Å². The number of likely N-dealkylation sites (N-methyl/N-ethyl adjacent to an activating group) is 2. The van der Waals surface area contributed by atoms with Gasteiger partial charge in [0.25, 0.3) is 0 Å². The maximum absolute atomic E-state index is 11.2. The van der Waals surface area contributed by atoms with Crippen molar-refractivity contribution in [2.75, 3.05) is 31.3 Å². The van der Waals surface area contributed by atoms with Gasteiger partial charge in [-0.25, -0.2) is 9.78 Å². The van der Waals surface area contributed by atoms with Crippen molar-refractivity contribution >= 4 is 23.4 Å². The molecule has 7 nitrogen and oxygen atoms in total. The van der Waals surface area contributed by atoms with Crippen LogP contribution in [0.1, 0.15) is 10.5 Å². The summed E-state index contributed by atoms with van der Waals surface area (Å²) in [5.41, 5.74) is 5.89. The van der Waals surface area contributed by atoms with E-state index in [9.17, 15) is 9.59 Å². The van der Waals surface area contributed by atoms with Crippen LogP contribution in [0.15, 0.2) is 12.1 Å². The first kappa shape index (κ1) is 12.8. The van der Waals surface area contributed by atoms with Gasteiger partial charge in [0.1, 0.15) is 0 Å². The molecule has 0 bridgehead atoms. The second-order valence-electron chi connectivity index (χ2n) is 3.44. The molecule has 0 aliphatic heterocycles. The molecule has 0 spiro atoms. The van der Waals surface area contributed by atoms with Gasteiger partial charge >= 0.3 is 5.97 Å². The zero-order valence-electron chi connectivity index (χ0n) is 9.60. The minimum absolute atomic E-state index is 0.0524. The monoisotopic (exact) mass is 238 g/mol. The maximum atomic E-state index is 11.2. The molecule has 0 radical (unpaired) electrons. The second kappa shape index (κ2) is 5.15. The predicted molar refractivity (Wildman–Crippen MR) is 62.9 cm³/mol. The van der Waals surface area contributed by atoms with E-state index in [0.29, 0.717) is 5.69 Å². The number of amides is 1. The van der Waals surface area contributed by atoms with E-state index in [1.54, 1.807) is 7.05 Å².